The fraction of sp³-hybridized carbons (Fsp3) is 0.308. The van der Waals surface area contributed by atoms with Gasteiger partial charge in [-0.25, -0.2) is 19.7 Å². The molecule has 1 saturated heterocycles. The van der Waals surface area contributed by atoms with E-state index in [0.717, 1.165) is 11.1 Å². The minimum atomic E-state index is -1.34. The maximum atomic E-state index is 12.4. The molecule has 0 spiro atoms. The van der Waals surface area contributed by atoms with Gasteiger partial charge in [-0.2, -0.15) is 0 Å². The molecule has 4 aromatic rings. The third kappa shape index (κ3) is 4.77. The van der Waals surface area contributed by atoms with Crippen LogP contribution in [0.15, 0.2) is 67.0 Å². The predicted octanol–water partition coefficient (Wildman–Crippen LogP) is 1.47. The number of ether oxygens (including phenoxy) is 2. The molecule has 1 fully saturated rings. The predicted molar refractivity (Wildman–Crippen MR) is 133 cm³/mol. The van der Waals surface area contributed by atoms with Crippen molar-refractivity contribution in [1.29, 1.82) is 0 Å². The number of methoxy groups -OCH3 is 1. The second-order valence-electron chi connectivity index (χ2n) is 8.70. The molecule has 1 aliphatic heterocycles. The van der Waals surface area contributed by atoms with E-state index in [4.69, 9.17) is 9.47 Å². The summed E-state index contributed by atoms with van der Waals surface area (Å²) in [5.74, 6) is -0.687. The Bertz CT molecular complexity index is 1330. The highest BCUT2D eigenvalue weighted by Gasteiger charge is 2.44. The van der Waals surface area contributed by atoms with Gasteiger partial charge < -0.3 is 30.1 Å². The Balaban J connectivity index is 1.53. The highest BCUT2D eigenvalue weighted by atomic mass is 16.6. The average molecular weight is 506 g/mol. The summed E-state index contributed by atoms with van der Waals surface area (Å²) in [6.07, 6.45) is -3.31. The molecule has 11 heteroatoms. The Morgan fingerprint density at radius 3 is 2.27 bits per heavy atom. The quantitative estimate of drug-likeness (QED) is 0.259. The Morgan fingerprint density at radius 1 is 1.05 bits per heavy atom. The number of hydrogen-bond acceptors (Lipinski definition) is 10. The van der Waals surface area contributed by atoms with E-state index >= 15 is 0 Å². The number of carbonyl (C=O) groups is 1. The van der Waals surface area contributed by atoms with Crippen LogP contribution in [0.3, 0.4) is 0 Å². The molecule has 5 rings (SSSR count). The van der Waals surface area contributed by atoms with E-state index in [1.807, 2.05) is 60.7 Å². The number of esters is 1. The molecule has 3 heterocycles. The van der Waals surface area contributed by atoms with Crippen LogP contribution in [-0.4, -0.2) is 79.4 Å². The number of fused-ring (bicyclic) bond motifs is 1. The highest BCUT2D eigenvalue weighted by Crippen LogP contribution is 2.33. The minimum Gasteiger partial charge on any atom is -0.463 e. The SMILES string of the molecule is COC(=O)c1nc(NCC(c2ccccc2)c2ccccc2)c2ncn(C3O[C@H](CO)C(O)C3O)c2n1. The molecule has 0 aliphatic carbocycles. The van der Waals surface area contributed by atoms with Gasteiger partial charge in [0.2, 0.25) is 5.82 Å². The second-order valence-corrected chi connectivity index (χ2v) is 8.70. The van der Waals surface area contributed by atoms with Crippen molar-refractivity contribution < 1.29 is 29.6 Å². The van der Waals surface area contributed by atoms with Gasteiger partial charge in [0.15, 0.2) is 23.2 Å². The number of anilines is 1. The molecule has 192 valence electrons. The van der Waals surface area contributed by atoms with E-state index in [0.29, 0.717) is 17.9 Å². The number of nitrogens with zero attached hydrogens (tertiary/aromatic N) is 4. The first-order valence-corrected chi connectivity index (χ1v) is 11.8. The van der Waals surface area contributed by atoms with Gasteiger partial charge >= 0.3 is 5.97 Å². The van der Waals surface area contributed by atoms with Gasteiger partial charge in [-0.05, 0) is 11.1 Å². The average Bonchev–Trinajstić information content (AvgIpc) is 3.49. The van der Waals surface area contributed by atoms with Crippen LogP contribution in [0.25, 0.3) is 11.2 Å². The standard InChI is InChI=1S/C26H27N5O6/c1-36-26(35)23-29-22(27-12-17(15-8-4-2-5-9-15)16-10-6-3-7-11-16)19-24(30-23)31(14-28-19)25-21(34)20(33)18(13-32)37-25/h2-11,14,17-18,20-21,25,32-34H,12-13H2,1H3,(H,27,29,30)/t18-,20?,21?,25?/m1/s1. The Hall–Kier alpha value is -3.90. The lowest BCUT2D eigenvalue weighted by molar-refractivity contribution is -0.0511. The largest absolute Gasteiger partial charge is 0.463 e. The number of imidazole rings is 1. The van der Waals surface area contributed by atoms with Gasteiger partial charge in [0.05, 0.1) is 20.0 Å². The lowest BCUT2D eigenvalue weighted by Crippen LogP contribution is -2.33. The zero-order valence-electron chi connectivity index (χ0n) is 20.0. The molecule has 1 aliphatic rings. The van der Waals surface area contributed by atoms with Gasteiger partial charge in [0.1, 0.15) is 18.3 Å². The number of nitrogens with one attached hydrogen (secondary N) is 1. The first-order chi connectivity index (χ1) is 18.0. The molecule has 4 atom stereocenters. The van der Waals surface area contributed by atoms with Crippen molar-refractivity contribution in [3.63, 3.8) is 0 Å². The van der Waals surface area contributed by atoms with Crippen LogP contribution in [0.5, 0.6) is 0 Å². The van der Waals surface area contributed by atoms with E-state index in [9.17, 15) is 20.1 Å². The van der Waals surface area contributed by atoms with Crippen LogP contribution in [0.2, 0.25) is 0 Å². The summed E-state index contributed by atoms with van der Waals surface area (Å²) < 4.78 is 11.9. The molecule has 11 nitrogen and oxygen atoms in total. The van der Waals surface area contributed by atoms with E-state index in [2.05, 4.69) is 20.3 Å². The summed E-state index contributed by atoms with van der Waals surface area (Å²) in [6, 6.07) is 20.0. The number of aromatic nitrogens is 4. The first-order valence-electron chi connectivity index (χ1n) is 11.8. The van der Waals surface area contributed by atoms with E-state index in [1.165, 1.54) is 18.0 Å². The van der Waals surface area contributed by atoms with Crippen molar-refractivity contribution in [2.24, 2.45) is 0 Å². The smallest absolute Gasteiger partial charge is 0.376 e. The minimum absolute atomic E-state index is 0.0310. The maximum absolute atomic E-state index is 12.4. The number of rotatable bonds is 8. The van der Waals surface area contributed by atoms with Crippen LogP contribution >= 0.6 is 0 Å². The monoisotopic (exact) mass is 505 g/mol. The molecule has 3 unspecified atom stereocenters. The molecule has 37 heavy (non-hydrogen) atoms. The number of benzene rings is 2. The zero-order chi connectivity index (χ0) is 25.9. The number of aliphatic hydroxyl groups excluding tert-OH is 3. The van der Waals surface area contributed by atoms with Crippen molar-refractivity contribution >= 4 is 23.0 Å². The van der Waals surface area contributed by atoms with Gasteiger partial charge in [0.25, 0.3) is 0 Å². The van der Waals surface area contributed by atoms with Gasteiger partial charge in [0, 0.05) is 12.5 Å². The van der Waals surface area contributed by atoms with Crippen molar-refractivity contribution in [2.45, 2.75) is 30.5 Å². The maximum Gasteiger partial charge on any atom is 0.376 e. The van der Waals surface area contributed by atoms with Gasteiger partial charge in [-0.1, -0.05) is 60.7 Å². The van der Waals surface area contributed by atoms with E-state index in [1.54, 1.807) is 0 Å². The normalized spacial score (nSPS) is 21.4. The van der Waals surface area contributed by atoms with Gasteiger partial charge in [-0.15, -0.1) is 0 Å². The molecule has 2 aromatic carbocycles. The highest BCUT2D eigenvalue weighted by molar-refractivity contribution is 5.91. The third-order valence-corrected chi connectivity index (χ3v) is 6.46. The molecule has 0 radical (unpaired) electrons. The van der Waals surface area contributed by atoms with Crippen LogP contribution < -0.4 is 5.32 Å². The molecule has 0 bridgehead atoms. The van der Waals surface area contributed by atoms with Crippen molar-refractivity contribution in [3.05, 3.63) is 83.9 Å². The molecular formula is C26H27N5O6. The van der Waals surface area contributed by atoms with Crippen molar-refractivity contribution in [1.82, 2.24) is 19.5 Å². The summed E-state index contributed by atoms with van der Waals surface area (Å²) in [7, 11) is 1.23. The summed E-state index contributed by atoms with van der Waals surface area (Å²) in [5.41, 5.74) is 2.72. The van der Waals surface area contributed by atoms with E-state index < -0.39 is 37.1 Å². The Kier molecular flexibility index (Phi) is 7.10. The lowest BCUT2D eigenvalue weighted by Gasteiger charge is -2.20. The zero-order valence-corrected chi connectivity index (χ0v) is 20.0. The molecular weight excluding hydrogens is 478 g/mol. The molecule has 4 N–H and O–H groups in total. The molecule has 2 aromatic heterocycles. The molecule has 0 saturated carbocycles. The topological polar surface area (TPSA) is 152 Å². The van der Waals surface area contributed by atoms with Crippen molar-refractivity contribution in [2.75, 3.05) is 25.6 Å². The number of hydrogen-bond donors (Lipinski definition) is 4. The fourth-order valence-corrected chi connectivity index (χ4v) is 4.52. The summed E-state index contributed by atoms with van der Waals surface area (Å²) in [5, 5.41) is 33.5. The van der Waals surface area contributed by atoms with E-state index in [-0.39, 0.29) is 17.4 Å². The van der Waals surface area contributed by atoms with Gasteiger partial charge in [-0.3, -0.25) is 4.57 Å². The Morgan fingerprint density at radius 2 is 1.70 bits per heavy atom. The number of carbonyl (C=O) groups excluding carboxylic acids is 1. The molecule has 0 amide bonds. The second kappa shape index (κ2) is 10.6. The van der Waals surface area contributed by atoms with Crippen molar-refractivity contribution in [3.8, 4) is 0 Å². The van der Waals surface area contributed by atoms with Crippen LogP contribution in [0, 0.1) is 0 Å². The number of aliphatic hydroxyl groups is 3. The third-order valence-electron chi connectivity index (χ3n) is 6.46. The van der Waals surface area contributed by atoms with Crippen LogP contribution in [0.1, 0.15) is 33.9 Å². The lowest BCUT2D eigenvalue weighted by atomic mass is 9.91. The summed E-state index contributed by atoms with van der Waals surface area (Å²) >= 11 is 0. The van der Waals surface area contributed by atoms with Crippen LogP contribution in [-0.2, 0) is 9.47 Å². The first kappa shape index (κ1) is 24.8. The fourth-order valence-electron chi connectivity index (χ4n) is 4.52. The van der Waals surface area contributed by atoms with Crippen LogP contribution in [0.4, 0.5) is 5.82 Å². The Labute approximate surface area is 212 Å². The summed E-state index contributed by atoms with van der Waals surface area (Å²) in [4.78, 5) is 25.5. The summed E-state index contributed by atoms with van der Waals surface area (Å²) in [6.45, 7) is -0.0433.